The van der Waals surface area contributed by atoms with Gasteiger partial charge in [0.15, 0.2) is 6.61 Å². The summed E-state index contributed by atoms with van der Waals surface area (Å²) in [6, 6.07) is 5.82. The van der Waals surface area contributed by atoms with Crippen molar-refractivity contribution in [3.8, 4) is 5.75 Å². The summed E-state index contributed by atoms with van der Waals surface area (Å²) in [4.78, 5) is 25.5. The zero-order chi connectivity index (χ0) is 18.0. The molecule has 0 atom stereocenters. The third-order valence-electron chi connectivity index (χ3n) is 4.13. The predicted octanol–water partition coefficient (Wildman–Crippen LogP) is 3.66. The van der Waals surface area contributed by atoms with Gasteiger partial charge in [-0.05, 0) is 61.9 Å². The molecule has 0 unspecified atom stereocenters. The molecule has 0 fully saturated rings. The summed E-state index contributed by atoms with van der Waals surface area (Å²) in [5.74, 6) is -0.0244. The second-order valence-corrected chi connectivity index (χ2v) is 7.32. The molecule has 1 aromatic heterocycles. The van der Waals surface area contributed by atoms with Gasteiger partial charge in [-0.2, -0.15) is 0 Å². The molecule has 6 heteroatoms. The summed E-state index contributed by atoms with van der Waals surface area (Å²) in [6.07, 6.45) is 2.83. The number of carbonyl (C=O) groups excluding carboxylic acids is 2. The van der Waals surface area contributed by atoms with Crippen molar-refractivity contribution in [2.24, 2.45) is 0 Å². The van der Waals surface area contributed by atoms with Crippen LogP contribution in [0.4, 0.5) is 5.00 Å². The number of hydrogen-bond donors (Lipinski definition) is 1. The predicted molar refractivity (Wildman–Crippen MR) is 97.7 cm³/mol. The SMILES string of the molecule is COC(=O)c1c(NC(=O)COc2cc(C)cc(C)c2)sc2c1CCC2. The van der Waals surface area contributed by atoms with Crippen LogP contribution in [-0.2, 0) is 22.4 Å². The summed E-state index contributed by atoms with van der Waals surface area (Å²) < 4.78 is 10.5. The van der Waals surface area contributed by atoms with Crippen LogP contribution in [0.5, 0.6) is 5.75 Å². The zero-order valence-electron chi connectivity index (χ0n) is 14.6. The molecule has 0 saturated heterocycles. The minimum atomic E-state index is -0.398. The van der Waals surface area contributed by atoms with Crippen LogP contribution in [0.25, 0.3) is 0 Å². The summed E-state index contributed by atoms with van der Waals surface area (Å²) in [7, 11) is 1.36. The molecule has 5 nitrogen and oxygen atoms in total. The number of amides is 1. The lowest BCUT2D eigenvalue weighted by Gasteiger charge is -2.09. The second-order valence-electron chi connectivity index (χ2n) is 6.21. The number of anilines is 1. The van der Waals surface area contributed by atoms with Crippen LogP contribution >= 0.6 is 11.3 Å². The van der Waals surface area contributed by atoms with E-state index in [1.807, 2.05) is 32.0 Å². The molecule has 1 N–H and O–H groups in total. The lowest BCUT2D eigenvalue weighted by atomic mass is 10.1. The maximum Gasteiger partial charge on any atom is 0.341 e. The van der Waals surface area contributed by atoms with Gasteiger partial charge < -0.3 is 14.8 Å². The van der Waals surface area contributed by atoms with Crippen molar-refractivity contribution in [3.05, 3.63) is 45.3 Å². The maximum atomic E-state index is 12.3. The number of methoxy groups -OCH3 is 1. The summed E-state index contributed by atoms with van der Waals surface area (Å²) in [6.45, 7) is 3.86. The minimum Gasteiger partial charge on any atom is -0.484 e. The Morgan fingerprint density at radius 2 is 1.88 bits per heavy atom. The van der Waals surface area contributed by atoms with Gasteiger partial charge in [0.2, 0.25) is 0 Å². The third kappa shape index (κ3) is 3.85. The summed E-state index contributed by atoms with van der Waals surface area (Å²) in [5.41, 5.74) is 3.68. The molecule has 132 valence electrons. The Balaban J connectivity index is 1.70. The number of fused-ring (bicyclic) bond motifs is 1. The number of ether oxygens (including phenoxy) is 2. The minimum absolute atomic E-state index is 0.105. The second kappa shape index (κ2) is 7.27. The summed E-state index contributed by atoms with van der Waals surface area (Å²) >= 11 is 1.46. The molecule has 3 rings (SSSR count). The normalized spacial score (nSPS) is 12.6. The van der Waals surface area contributed by atoms with Gasteiger partial charge in [0.05, 0.1) is 12.7 Å². The highest BCUT2D eigenvalue weighted by molar-refractivity contribution is 7.17. The van der Waals surface area contributed by atoms with E-state index in [1.54, 1.807) is 0 Å². The Bertz CT molecular complexity index is 805. The van der Waals surface area contributed by atoms with Gasteiger partial charge in [0.1, 0.15) is 10.8 Å². The maximum absolute atomic E-state index is 12.3. The van der Waals surface area contributed by atoms with Crippen LogP contribution in [0.2, 0.25) is 0 Å². The van der Waals surface area contributed by atoms with Crippen LogP contribution in [0.1, 0.15) is 38.3 Å². The molecule has 0 saturated carbocycles. The Kier molecular flexibility index (Phi) is 5.08. The van der Waals surface area contributed by atoms with E-state index in [9.17, 15) is 9.59 Å². The number of carbonyl (C=O) groups is 2. The molecular formula is C19H21NO4S. The molecule has 1 amide bonds. The number of esters is 1. The molecule has 1 aliphatic carbocycles. The highest BCUT2D eigenvalue weighted by Gasteiger charge is 2.28. The molecule has 0 aliphatic heterocycles. The molecule has 0 bridgehead atoms. The third-order valence-corrected chi connectivity index (χ3v) is 5.34. The van der Waals surface area contributed by atoms with Gasteiger partial charge in [-0.25, -0.2) is 4.79 Å². The zero-order valence-corrected chi connectivity index (χ0v) is 15.4. The van der Waals surface area contributed by atoms with Crippen LogP contribution in [0, 0.1) is 13.8 Å². The van der Waals surface area contributed by atoms with Crippen LogP contribution in [0.3, 0.4) is 0 Å². The highest BCUT2D eigenvalue weighted by Crippen LogP contribution is 2.39. The van der Waals surface area contributed by atoms with E-state index in [0.29, 0.717) is 16.3 Å². The van der Waals surface area contributed by atoms with Crippen LogP contribution in [-0.4, -0.2) is 25.6 Å². The number of thiophene rings is 1. The van der Waals surface area contributed by atoms with Gasteiger partial charge in [-0.1, -0.05) is 6.07 Å². The van der Waals surface area contributed by atoms with Gasteiger partial charge in [-0.3, -0.25) is 4.79 Å². The van der Waals surface area contributed by atoms with Crippen molar-refractivity contribution >= 4 is 28.2 Å². The van der Waals surface area contributed by atoms with E-state index in [1.165, 1.54) is 18.4 Å². The monoisotopic (exact) mass is 359 g/mol. The van der Waals surface area contributed by atoms with E-state index in [-0.39, 0.29) is 12.5 Å². The average molecular weight is 359 g/mol. The van der Waals surface area contributed by atoms with Crippen LogP contribution < -0.4 is 10.1 Å². The number of aryl methyl sites for hydroxylation is 3. The quantitative estimate of drug-likeness (QED) is 0.828. The van der Waals surface area contributed by atoms with E-state index >= 15 is 0 Å². The van der Waals surface area contributed by atoms with E-state index in [0.717, 1.165) is 40.8 Å². The highest BCUT2D eigenvalue weighted by atomic mass is 32.1. The number of hydrogen-bond acceptors (Lipinski definition) is 5. The number of rotatable bonds is 5. The van der Waals surface area contributed by atoms with Crippen LogP contribution in [0.15, 0.2) is 18.2 Å². The molecule has 25 heavy (non-hydrogen) atoms. The van der Waals surface area contributed by atoms with E-state index < -0.39 is 5.97 Å². The fourth-order valence-corrected chi connectivity index (χ4v) is 4.43. The van der Waals surface area contributed by atoms with Crippen molar-refractivity contribution in [1.82, 2.24) is 0 Å². The van der Waals surface area contributed by atoms with Crippen molar-refractivity contribution < 1.29 is 19.1 Å². The first kappa shape index (κ1) is 17.5. The van der Waals surface area contributed by atoms with E-state index in [4.69, 9.17) is 9.47 Å². The fraction of sp³-hybridized carbons (Fsp3) is 0.368. The van der Waals surface area contributed by atoms with E-state index in [2.05, 4.69) is 5.32 Å². The lowest BCUT2D eigenvalue weighted by molar-refractivity contribution is -0.118. The molecule has 0 spiro atoms. The van der Waals surface area contributed by atoms with Crippen molar-refractivity contribution in [3.63, 3.8) is 0 Å². The number of benzene rings is 1. The molecule has 1 heterocycles. The molecule has 1 aromatic carbocycles. The van der Waals surface area contributed by atoms with Crippen molar-refractivity contribution in [2.75, 3.05) is 19.0 Å². The smallest absolute Gasteiger partial charge is 0.341 e. The average Bonchev–Trinajstić information content (AvgIpc) is 3.12. The van der Waals surface area contributed by atoms with Gasteiger partial charge >= 0.3 is 5.97 Å². The fourth-order valence-electron chi connectivity index (χ4n) is 3.14. The largest absolute Gasteiger partial charge is 0.484 e. The number of nitrogens with one attached hydrogen (secondary N) is 1. The molecular weight excluding hydrogens is 338 g/mol. The Hall–Kier alpha value is -2.34. The Morgan fingerprint density at radius 3 is 2.56 bits per heavy atom. The van der Waals surface area contributed by atoms with Crippen molar-refractivity contribution in [2.45, 2.75) is 33.1 Å². The topological polar surface area (TPSA) is 64.6 Å². The van der Waals surface area contributed by atoms with Gasteiger partial charge in [0.25, 0.3) is 5.91 Å². The first-order valence-corrected chi connectivity index (χ1v) is 9.03. The standard InChI is InChI=1S/C19H21NO4S/c1-11-7-12(2)9-13(8-11)24-10-16(21)20-18-17(19(22)23-3)14-5-4-6-15(14)25-18/h7-9H,4-6,10H2,1-3H3,(H,20,21). The van der Waals surface area contributed by atoms with Gasteiger partial charge in [-0.15, -0.1) is 11.3 Å². The molecule has 1 aliphatic rings. The summed E-state index contributed by atoms with van der Waals surface area (Å²) in [5, 5.41) is 3.37. The Labute approximate surface area is 151 Å². The Morgan fingerprint density at radius 1 is 1.16 bits per heavy atom. The molecule has 2 aromatic rings. The lowest BCUT2D eigenvalue weighted by Crippen LogP contribution is -2.21. The first-order chi connectivity index (χ1) is 12.0. The van der Waals surface area contributed by atoms with Crippen molar-refractivity contribution in [1.29, 1.82) is 0 Å². The molecule has 0 radical (unpaired) electrons. The first-order valence-electron chi connectivity index (χ1n) is 8.21. The van der Waals surface area contributed by atoms with Gasteiger partial charge in [0, 0.05) is 4.88 Å².